The summed E-state index contributed by atoms with van der Waals surface area (Å²) in [6.45, 7) is 1.61. The van der Waals surface area contributed by atoms with Crippen molar-refractivity contribution >= 4 is 5.97 Å². The molecule has 216 valence electrons. The highest BCUT2D eigenvalue weighted by atomic mass is 16.5. The van der Waals surface area contributed by atoms with Crippen molar-refractivity contribution in [1.29, 1.82) is 0 Å². The second-order valence-corrected chi connectivity index (χ2v) is 10.7. The number of aliphatic hydroxyl groups is 4. The Labute approximate surface area is 222 Å². The fraction of sp³-hybridized carbons (Fsp3) is 0.967. The molecule has 6 nitrogen and oxygen atoms in total. The van der Waals surface area contributed by atoms with Gasteiger partial charge in [-0.3, -0.25) is 4.79 Å². The zero-order valence-electron chi connectivity index (χ0n) is 23.5. The summed E-state index contributed by atoms with van der Waals surface area (Å²) in [7, 11) is 0. The molecular weight excluding hydrogens is 456 g/mol. The van der Waals surface area contributed by atoms with E-state index in [4.69, 9.17) is 14.9 Å². The van der Waals surface area contributed by atoms with E-state index in [1.807, 2.05) is 0 Å². The van der Waals surface area contributed by atoms with Crippen LogP contribution in [0.1, 0.15) is 148 Å². The van der Waals surface area contributed by atoms with E-state index in [1.54, 1.807) is 0 Å². The average Bonchev–Trinajstić information content (AvgIpc) is 2.89. The lowest BCUT2D eigenvalue weighted by Gasteiger charge is -2.17. The number of rotatable bonds is 28. The number of carbonyl (C=O) groups excluding carboxylic acids is 1. The molecule has 0 amide bonds. The highest BCUT2D eigenvalue weighted by molar-refractivity contribution is 5.72. The van der Waals surface area contributed by atoms with Crippen LogP contribution < -0.4 is 0 Å². The van der Waals surface area contributed by atoms with Crippen LogP contribution in [-0.4, -0.2) is 58.4 Å². The Morgan fingerprint density at radius 2 is 0.917 bits per heavy atom. The lowest BCUT2D eigenvalue weighted by Crippen LogP contribution is -2.25. The maximum atomic E-state index is 12.5. The highest BCUT2D eigenvalue weighted by Gasteiger charge is 2.20. The molecule has 0 aromatic rings. The molecule has 36 heavy (non-hydrogen) atoms. The third kappa shape index (κ3) is 23.7. The van der Waals surface area contributed by atoms with Crippen molar-refractivity contribution in [1.82, 2.24) is 0 Å². The van der Waals surface area contributed by atoms with Gasteiger partial charge < -0.3 is 25.2 Å². The summed E-state index contributed by atoms with van der Waals surface area (Å²) in [6.07, 6.45) is 23.9. The second-order valence-electron chi connectivity index (χ2n) is 10.7. The first-order valence-electron chi connectivity index (χ1n) is 15.3. The van der Waals surface area contributed by atoms with E-state index in [-0.39, 0.29) is 31.7 Å². The van der Waals surface area contributed by atoms with Gasteiger partial charge in [0.05, 0.1) is 25.2 Å². The van der Waals surface area contributed by atoms with Gasteiger partial charge in [0.1, 0.15) is 12.7 Å². The van der Waals surface area contributed by atoms with E-state index in [1.165, 1.54) is 89.9 Å². The minimum Gasteiger partial charge on any atom is -0.463 e. The molecule has 0 aliphatic heterocycles. The monoisotopic (exact) mass is 516 g/mol. The van der Waals surface area contributed by atoms with Crippen LogP contribution in [0.5, 0.6) is 0 Å². The fourth-order valence-electron chi connectivity index (χ4n) is 4.71. The molecule has 0 aliphatic rings. The summed E-state index contributed by atoms with van der Waals surface area (Å²) in [4.78, 5) is 12.5. The molecule has 0 bridgehead atoms. The molecule has 0 aromatic heterocycles. The topological polar surface area (TPSA) is 107 Å². The Balaban J connectivity index is 3.89. The summed E-state index contributed by atoms with van der Waals surface area (Å²) in [5.41, 5.74) is 0. The lowest BCUT2D eigenvalue weighted by atomic mass is 9.94. The van der Waals surface area contributed by atoms with Crippen molar-refractivity contribution in [2.45, 2.75) is 160 Å². The van der Waals surface area contributed by atoms with Crippen LogP contribution in [0.25, 0.3) is 0 Å². The van der Waals surface area contributed by atoms with Gasteiger partial charge in [-0.15, -0.1) is 0 Å². The molecule has 0 rings (SSSR count). The summed E-state index contributed by atoms with van der Waals surface area (Å²) in [5, 5.41) is 36.6. The van der Waals surface area contributed by atoms with Gasteiger partial charge in [-0.25, -0.2) is 0 Å². The highest BCUT2D eigenvalue weighted by Crippen LogP contribution is 2.21. The molecular formula is C30H60O6. The zero-order valence-corrected chi connectivity index (χ0v) is 23.5. The van der Waals surface area contributed by atoms with E-state index in [0.29, 0.717) is 6.42 Å². The Morgan fingerprint density at radius 1 is 0.556 bits per heavy atom. The van der Waals surface area contributed by atoms with Crippen molar-refractivity contribution < 1.29 is 30.0 Å². The van der Waals surface area contributed by atoms with Gasteiger partial charge in [0, 0.05) is 0 Å². The average molecular weight is 517 g/mol. The van der Waals surface area contributed by atoms with Crippen molar-refractivity contribution in [3.8, 4) is 0 Å². The van der Waals surface area contributed by atoms with Crippen LogP contribution in [0.3, 0.4) is 0 Å². The van der Waals surface area contributed by atoms with Gasteiger partial charge in [0.15, 0.2) is 0 Å². The molecule has 0 saturated carbocycles. The SMILES string of the molecule is CCCCCCCCCCC(CCCCCCCCCCCCCC(O)CO)C(=O)OCC(O)CO. The molecule has 0 aliphatic carbocycles. The van der Waals surface area contributed by atoms with Crippen LogP contribution in [-0.2, 0) is 9.53 Å². The molecule has 3 atom stereocenters. The summed E-state index contributed by atoms with van der Waals surface area (Å²) >= 11 is 0. The summed E-state index contributed by atoms with van der Waals surface area (Å²) in [6, 6.07) is 0. The number of carbonyl (C=O) groups is 1. The van der Waals surface area contributed by atoms with Gasteiger partial charge in [-0.2, -0.15) is 0 Å². The quantitative estimate of drug-likeness (QED) is 0.0703. The van der Waals surface area contributed by atoms with Crippen molar-refractivity contribution in [3.05, 3.63) is 0 Å². The molecule has 0 saturated heterocycles. The van der Waals surface area contributed by atoms with Crippen molar-refractivity contribution in [2.75, 3.05) is 19.8 Å². The number of ether oxygens (including phenoxy) is 1. The molecule has 6 heteroatoms. The molecule has 0 radical (unpaired) electrons. The van der Waals surface area contributed by atoms with Crippen LogP contribution in [0, 0.1) is 5.92 Å². The van der Waals surface area contributed by atoms with Crippen molar-refractivity contribution in [2.24, 2.45) is 5.92 Å². The Kier molecular flexibility index (Phi) is 26.8. The van der Waals surface area contributed by atoms with Crippen LogP contribution in [0.4, 0.5) is 0 Å². The van der Waals surface area contributed by atoms with Gasteiger partial charge in [0.2, 0.25) is 0 Å². The maximum Gasteiger partial charge on any atom is 0.309 e. The molecule has 0 aromatic carbocycles. The predicted molar refractivity (Wildman–Crippen MR) is 148 cm³/mol. The first kappa shape index (κ1) is 35.3. The number of unbranched alkanes of at least 4 members (excludes halogenated alkanes) is 17. The number of esters is 1. The van der Waals surface area contributed by atoms with Gasteiger partial charge in [-0.1, -0.05) is 129 Å². The second kappa shape index (κ2) is 27.3. The maximum absolute atomic E-state index is 12.5. The zero-order chi connectivity index (χ0) is 26.7. The summed E-state index contributed by atoms with van der Waals surface area (Å²) < 4.78 is 5.28. The minimum atomic E-state index is -0.989. The van der Waals surface area contributed by atoms with E-state index < -0.39 is 12.2 Å². The minimum absolute atomic E-state index is 0.0884. The van der Waals surface area contributed by atoms with E-state index in [2.05, 4.69) is 6.92 Å². The Bertz CT molecular complexity index is 459. The molecule has 0 spiro atoms. The molecule has 0 heterocycles. The third-order valence-corrected chi connectivity index (χ3v) is 7.17. The first-order chi connectivity index (χ1) is 17.5. The molecule has 0 fully saturated rings. The van der Waals surface area contributed by atoms with E-state index in [9.17, 15) is 15.0 Å². The normalized spacial score (nSPS) is 14.0. The van der Waals surface area contributed by atoms with Gasteiger partial charge >= 0.3 is 5.97 Å². The van der Waals surface area contributed by atoms with E-state index in [0.717, 1.165) is 44.9 Å². The Hall–Kier alpha value is -0.690. The lowest BCUT2D eigenvalue weighted by molar-refractivity contribution is -0.152. The van der Waals surface area contributed by atoms with Crippen LogP contribution >= 0.6 is 0 Å². The third-order valence-electron chi connectivity index (χ3n) is 7.17. The number of hydrogen-bond acceptors (Lipinski definition) is 6. The summed E-state index contributed by atoms with van der Waals surface area (Å²) in [5.74, 6) is -0.300. The first-order valence-corrected chi connectivity index (χ1v) is 15.3. The largest absolute Gasteiger partial charge is 0.463 e. The van der Waals surface area contributed by atoms with Gasteiger partial charge in [-0.05, 0) is 19.3 Å². The number of aliphatic hydroxyl groups excluding tert-OH is 4. The van der Waals surface area contributed by atoms with Gasteiger partial charge in [0.25, 0.3) is 0 Å². The molecule has 3 unspecified atom stereocenters. The van der Waals surface area contributed by atoms with Crippen LogP contribution in [0.2, 0.25) is 0 Å². The predicted octanol–water partition coefficient (Wildman–Crippen LogP) is 6.45. The van der Waals surface area contributed by atoms with E-state index >= 15 is 0 Å². The standard InChI is InChI=1S/C30H60O6/c1-2-3-4-5-6-12-15-18-21-27(30(35)36-26-29(34)25-32)22-19-16-13-10-8-7-9-11-14-17-20-23-28(33)24-31/h27-29,31-34H,2-26H2,1H3. The molecule has 4 N–H and O–H groups in total. The fourth-order valence-corrected chi connectivity index (χ4v) is 4.71. The number of hydrogen-bond donors (Lipinski definition) is 4. The Morgan fingerprint density at radius 3 is 1.31 bits per heavy atom. The van der Waals surface area contributed by atoms with Crippen LogP contribution in [0.15, 0.2) is 0 Å². The van der Waals surface area contributed by atoms with Crippen molar-refractivity contribution in [3.63, 3.8) is 0 Å². The smallest absolute Gasteiger partial charge is 0.309 e.